The molecule has 9 heteroatoms. The van der Waals surface area contributed by atoms with E-state index in [4.69, 9.17) is 5.73 Å². The highest BCUT2D eigenvalue weighted by Crippen LogP contribution is 2.10. The number of likely N-dealkylation sites (tertiary alicyclic amines) is 1. The maximum Gasteiger partial charge on any atom is 0.248 e. The third-order valence-electron chi connectivity index (χ3n) is 4.23. The Morgan fingerprint density at radius 3 is 2.46 bits per heavy atom. The Balaban J connectivity index is 0.00000288. The van der Waals surface area contributed by atoms with Crippen LogP contribution in [0.3, 0.4) is 0 Å². The van der Waals surface area contributed by atoms with Crippen LogP contribution >= 0.6 is 12.4 Å². The molecule has 0 saturated carbocycles. The molecular weight excluding hydrogens is 332 g/mol. The molecule has 8 nitrogen and oxygen atoms in total. The highest BCUT2D eigenvalue weighted by molar-refractivity contribution is 5.91. The second-order valence-corrected chi connectivity index (χ2v) is 6.20. The van der Waals surface area contributed by atoms with E-state index < -0.39 is 0 Å². The van der Waals surface area contributed by atoms with Crippen LogP contribution in [-0.2, 0) is 16.1 Å². The number of aromatic nitrogens is 3. The molecule has 0 radical (unpaired) electrons. The first-order valence-electron chi connectivity index (χ1n) is 8.21. The Hall–Kier alpha value is -1.67. The van der Waals surface area contributed by atoms with Crippen molar-refractivity contribution in [2.45, 2.75) is 52.1 Å². The number of halogens is 1. The summed E-state index contributed by atoms with van der Waals surface area (Å²) in [5.41, 5.74) is 5.70. The molecule has 1 aromatic rings. The van der Waals surface area contributed by atoms with Gasteiger partial charge in [0.05, 0.1) is 5.92 Å². The van der Waals surface area contributed by atoms with Crippen molar-refractivity contribution in [3.8, 4) is 0 Å². The molecule has 2 heterocycles. The molecular formula is C15H27ClN6O2. The topological polar surface area (TPSA) is 106 Å². The van der Waals surface area contributed by atoms with Crippen LogP contribution < -0.4 is 11.1 Å². The number of hydrogen-bond acceptors (Lipinski definition) is 5. The highest BCUT2D eigenvalue weighted by Gasteiger charge is 2.19. The molecule has 24 heavy (non-hydrogen) atoms. The van der Waals surface area contributed by atoms with Crippen LogP contribution in [0.4, 0.5) is 5.95 Å². The number of hydrogen-bond donors (Lipinski definition) is 2. The van der Waals surface area contributed by atoms with E-state index in [0.29, 0.717) is 0 Å². The van der Waals surface area contributed by atoms with Gasteiger partial charge in [0.15, 0.2) is 0 Å². The van der Waals surface area contributed by atoms with Crippen molar-refractivity contribution < 1.29 is 9.59 Å². The third-order valence-corrected chi connectivity index (χ3v) is 4.23. The minimum Gasteiger partial charge on any atom is -0.341 e. The van der Waals surface area contributed by atoms with E-state index in [2.05, 4.69) is 15.4 Å². The molecule has 2 unspecified atom stereocenters. The fraction of sp³-hybridized carbons (Fsp3) is 0.733. The van der Waals surface area contributed by atoms with E-state index in [9.17, 15) is 9.59 Å². The molecule has 1 aliphatic rings. The van der Waals surface area contributed by atoms with Crippen LogP contribution in [0, 0.1) is 5.92 Å². The number of nitrogens with two attached hydrogens (primary N) is 1. The zero-order valence-electron chi connectivity index (χ0n) is 14.3. The minimum absolute atomic E-state index is 0. The molecule has 1 aromatic heterocycles. The highest BCUT2D eigenvalue weighted by atomic mass is 35.5. The van der Waals surface area contributed by atoms with Crippen LogP contribution in [0.25, 0.3) is 0 Å². The Labute approximate surface area is 148 Å². The van der Waals surface area contributed by atoms with Crippen molar-refractivity contribution in [1.82, 2.24) is 19.7 Å². The van der Waals surface area contributed by atoms with Gasteiger partial charge in [0.25, 0.3) is 0 Å². The van der Waals surface area contributed by atoms with Crippen molar-refractivity contribution in [3.05, 3.63) is 6.33 Å². The summed E-state index contributed by atoms with van der Waals surface area (Å²) in [6.07, 6.45) is 5.93. The third kappa shape index (κ3) is 5.76. The smallest absolute Gasteiger partial charge is 0.248 e. The molecule has 136 valence electrons. The van der Waals surface area contributed by atoms with Gasteiger partial charge in [-0.2, -0.15) is 0 Å². The average molecular weight is 359 g/mol. The van der Waals surface area contributed by atoms with E-state index in [-0.39, 0.29) is 48.7 Å². The second-order valence-electron chi connectivity index (χ2n) is 6.20. The predicted molar refractivity (Wildman–Crippen MR) is 93.8 cm³/mol. The van der Waals surface area contributed by atoms with Crippen molar-refractivity contribution in [2.24, 2.45) is 11.7 Å². The number of nitrogens with one attached hydrogen (secondary N) is 1. The maximum absolute atomic E-state index is 12.3. The summed E-state index contributed by atoms with van der Waals surface area (Å²) in [6.45, 7) is 5.29. The Bertz CT molecular complexity index is 540. The summed E-state index contributed by atoms with van der Waals surface area (Å²) >= 11 is 0. The zero-order valence-corrected chi connectivity index (χ0v) is 15.1. The fourth-order valence-corrected chi connectivity index (χ4v) is 2.45. The first-order valence-corrected chi connectivity index (χ1v) is 8.21. The van der Waals surface area contributed by atoms with Gasteiger partial charge in [-0.3, -0.25) is 14.9 Å². The van der Waals surface area contributed by atoms with Crippen molar-refractivity contribution in [3.63, 3.8) is 0 Å². The molecule has 1 aliphatic heterocycles. The minimum atomic E-state index is -0.333. The Morgan fingerprint density at radius 1 is 1.25 bits per heavy atom. The van der Waals surface area contributed by atoms with E-state index in [1.165, 1.54) is 23.9 Å². The summed E-state index contributed by atoms with van der Waals surface area (Å²) in [5, 5.41) is 6.75. The number of nitrogens with zero attached hydrogens (tertiary/aromatic N) is 4. The normalized spacial score (nSPS) is 17.4. The van der Waals surface area contributed by atoms with Crippen molar-refractivity contribution in [1.29, 1.82) is 0 Å². The quantitative estimate of drug-likeness (QED) is 0.817. The first kappa shape index (κ1) is 20.4. The Kier molecular flexibility index (Phi) is 8.14. The van der Waals surface area contributed by atoms with Crippen LogP contribution in [-0.4, -0.2) is 50.6 Å². The molecule has 0 bridgehead atoms. The molecule has 2 amide bonds. The van der Waals surface area contributed by atoms with E-state index in [1.54, 1.807) is 13.8 Å². The summed E-state index contributed by atoms with van der Waals surface area (Å²) < 4.78 is 1.46. The van der Waals surface area contributed by atoms with Crippen LogP contribution in [0.1, 0.15) is 39.5 Å². The lowest BCUT2D eigenvalue weighted by Gasteiger charge is -2.19. The largest absolute Gasteiger partial charge is 0.341 e. The number of rotatable bonds is 5. The second kappa shape index (κ2) is 9.58. The summed E-state index contributed by atoms with van der Waals surface area (Å²) in [5.74, 6) is -0.318. The number of anilines is 1. The lowest BCUT2D eigenvalue weighted by atomic mass is 10.0. The summed E-state index contributed by atoms with van der Waals surface area (Å²) in [7, 11) is 0. The zero-order chi connectivity index (χ0) is 16.8. The molecule has 3 N–H and O–H groups in total. The maximum atomic E-state index is 12.3. The fourth-order valence-electron chi connectivity index (χ4n) is 2.45. The number of carbonyl (C=O) groups excluding carboxylic acids is 2. The average Bonchev–Trinajstić information content (AvgIpc) is 2.77. The summed E-state index contributed by atoms with van der Waals surface area (Å²) in [6, 6.07) is -0.248. The molecule has 2 rings (SSSR count). The standard InChI is InChI=1S/C15H26N6O2.ClH/c1-11(12(2)16)14(23)18-15-17-10-21(19-15)9-13(22)20-7-5-3-4-6-8-20;/h10-12H,3-9,16H2,1-2H3,(H,18,19,23);1H. The molecule has 0 aromatic carbocycles. The first-order chi connectivity index (χ1) is 11.0. The number of carbonyl (C=O) groups is 2. The SMILES string of the molecule is CC(N)C(C)C(=O)Nc1ncn(CC(=O)N2CCCCCC2)n1.Cl. The van der Waals surface area contributed by atoms with Crippen molar-refractivity contribution >= 4 is 30.2 Å². The van der Waals surface area contributed by atoms with Crippen LogP contribution in [0.15, 0.2) is 6.33 Å². The van der Waals surface area contributed by atoms with E-state index >= 15 is 0 Å². The van der Waals surface area contributed by atoms with Gasteiger partial charge in [-0.25, -0.2) is 9.67 Å². The van der Waals surface area contributed by atoms with Gasteiger partial charge in [-0.05, 0) is 19.8 Å². The van der Waals surface area contributed by atoms with Gasteiger partial charge in [-0.1, -0.05) is 19.8 Å². The molecule has 0 spiro atoms. The lowest BCUT2D eigenvalue weighted by molar-refractivity contribution is -0.132. The number of amides is 2. The molecule has 2 atom stereocenters. The van der Waals surface area contributed by atoms with Crippen LogP contribution in [0.2, 0.25) is 0 Å². The molecule has 1 saturated heterocycles. The van der Waals surface area contributed by atoms with Crippen LogP contribution in [0.5, 0.6) is 0 Å². The van der Waals surface area contributed by atoms with E-state index in [0.717, 1.165) is 25.9 Å². The lowest BCUT2D eigenvalue weighted by Crippen LogP contribution is -2.35. The van der Waals surface area contributed by atoms with Gasteiger partial charge < -0.3 is 10.6 Å². The van der Waals surface area contributed by atoms with Gasteiger partial charge >= 0.3 is 0 Å². The van der Waals surface area contributed by atoms with Gasteiger partial charge in [0.2, 0.25) is 17.8 Å². The molecule has 0 aliphatic carbocycles. The van der Waals surface area contributed by atoms with Gasteiger partial charge in [0.1, 0.15) is 12.9 Å². The van der Waals surface area contributed by atoms with Crippen molar-refractivity contribution in [2.75, 3.05) is 18.4 Å². The molecule has 1 fully saturated rings. The van der Waals surface area contributed by atoms with Gasteiger partial charge in [-0.15, -0.1) is 17.5 Å². The van der Waals surface area contributed by atoms with E-state index in [1.807, 2.05) is 4.90 Å². The van der Waals surface area contributed by atoms with Gasteiger partial charge in [0, 0.05) is 19.1 Å². The Morgan fingerprint density at radius 2 is 1.88 bits per heavy atom. The summed E-state index contributed by atoms with van der Waals surface area (Å²) in [4.78, 5) is 30.1. The monoisotopic (exact) mass is 358 g/mol. The predicted octanol–water partition coefficient (Wildman–Crippen LogP) is 1.02.